The molecule has 1 aromatic carbocycles. The van der Waals surface area contributed by atoms with Crippen molar-refractivity contribution in [3.63, 3.8) is 0 Å². The summed E-state index contributed by atoms with van der Waals surface area (Å²) in [5.41, 5.74) is 0.863. The summed E-state index contributed by atoms with van der Waals surface area (Å²) in [4.78, 5) is 19.1. The lowest BCUT2D eigenvalue weighted by atomic mass is 10.1. The van der Waals surface area contributed by atoms with Crippen molar-refractivity contribution in [2.45, 2.75) is 25.8 Å². The second-order valence-electron chi connectivity index (χ2n) is 5.26. The van der Waals surface area contributed by atoms with E-state index in [4.69, 9.17) is 4.74 Å². The van der Waals surface area contributed by atoms with Crippen LogP contribution in [0.1, 0.15) is 39.6 Å². The largest absolute Gasteiger partial charge is 0.497 e. The minimum atomic E-state index is -0.398. The number of carbonyl (C=O) groups excluding carboxylic acids is 1. The quantitative estimate of drug-likeness (QED) is 0.846. The molecule has 1 atom stereocenters. The molecule has 0 fully saturated rings. The van der Waals surface area contributed by atoms with Crippen LogP contribution in [0.5, 0.6) is 5.75 Å². The van der Waals surface area contributed by atoms with Crippen molar-refractivity contribution in [3.8, 4) is 5.75 Å². The van der Waals surface area contributed by atoms with Crippen molar-refractivity contribution >= 4 is 17.2 Å². The van der Waals surface area contributed by atoms with E-state index in [9.17, 15) is 9.90 Å². The maximum Gasteiger partial charge on any atom is 0.265 e. The molecule has 0 saturated carbocycles. The molecule has 0 aliphatic rings. The summed E-state index contributed by atoms with van der Waals surface area (Å²) in [5, 5.41) is 10.7. The number of hydrogen-bond donors (Lipinski definition) is 1. The zero-order chi connectivity index (χ0) is 16.8. The number of nitrogens with zero attached hydrogens (tertiary/aromatic N) is 2. The number of thiazole rings is 1. The van der Waals surface area contributed by atoms with Crippen LogP contribution in [0.25, 0.3) is 0 Å². The van der Waals surface area contributed by atoms with E-state index in [1.807, 2.05) is 24.3 Å². The summed E-state index contributed by atoms with van der Waals surface area (Å²) in [7, 11) is 3.30. The van der Waals surface area contributed by atoms with E-state index in [1.165, 1.54) is 11.3 Å². The van der Waals surface area contributed by atoms with Crippen molar-refractivity contribution in [2.75, 3.05) is 20.8 Å². The number of likely N-dealkylation sites (N-methyl/N-ethyl adjacent to an activating group) is 1. The molecule has 0 bridgehead atoms. The molecule has 0 radical (unpaired) electrons. The van der Waals surface area contributed by atoms with Gasteiger partial charge in [0.05, 0.1) is 31.0 Å². The Balaban J connectivity index is 2.16. The van der Waals surface area contributed by atoms with E-state index in [2.05, 4.69) is 11.9 Å². The monoisotopic (exact) mass is 334 g/mol. The third-order valence-electron chi connectivity index (χ3n) is 3.69. The molecule has 0 aliphatic heterocycles. The highest BCUT2D eigenvalue weighted by atomic mass is 32.1. The van der Waals surface area contributed by atoms with Gasteiger partial charge in [-0.2, -0.15) is 0 Å². The van der Waals surface area contributed by atoms with E-state index in [0.29, 0.717) is 4.88 Å². The van der Waals surface area contributed by atoms with Gasteiger partial charge in [0, 0.05) is 7.05 Å². The lowest BCUT2D eigenvalue weighted by molar-refractivity contribution is 0.0663. The maximum atomic E-state index is 12.6. The highest BCUT2D eigenvalue weighted by Gasteiger charge is 2.23. The van der Waals surface area contributed by atoms with Gasteiger partial charge in [0.15, 0.2) is 0 Å². The van der Waals surface area contributed by atoms with Gasteiger partial charge in [-0.3, -0.25) is 4.79 Å². The maximum absolute atomic E-state index is 12.6. The van der Waals surface area contributed by atoms with Crippen LogP contribution < -0.4 is 4.74 Å². The zero-order valence-corrected chi connectivity index (χ0v) is 14.5. The number of rotatable bonds is 7. The number of aliphatic hydroxyl groups excluding tert-OH is 1. The molecular weight excluding hydrogens is 312 g/mol. The average Bonchev–Trinajstić information content (AvgIpc) is 3.04. The fraction of sp³-hybridized carbons (Fsp3) is 0.412. The fourth-order valence-corrected chi connectivity index (χ4v) is 3.33. The van der Waals surface area contributed by atoms with Crippen LogP contribution in [-0.2, 0) is 6.42 Å². The number of aliphatic hydroxyl groups is 1. The highest BCUT2D eigenvalue weighted by Crippen LogP contribution is 2.25. The normalized spacial score (nSPS) is 12.0. The van der Waals surface area contributed by atoms with Crippen LogP contribution in [0.3, 0.4) is 0 Å². The van der Waals surface area contributed by atoms with Gasteiger partial charge in [-0.15, -0.1) is 11.3 Å². The first-order valence-corrected chi connectivity index (χ1v) is 8.39. The Morgan fingerprint density at radius 1 is 1.39 bits per heavy atom. The Hall–Kier alpha value is -1.92. The van der Waals surface area contributed by atoms with E-state index < -0.39 is 6.04 Å². The number of hydrogen-bond acceptors (Lipinski definition) is 5. The number of carbonyl (C=O) groups is 1. The van der Waals surface area contributed by atoms with E-state index in [1.54, 1.807) is 25.3 Å². The number of aryl methyl sites for hydroxylation is 1. The standard InChI is InChI=1S/C17H22N2O3S/c1-4-5-16-18-10-15(23-16)17(21)19(2)14(11-20)12-6-8-13(22-3)9-7-12/h6-10,14,20H,4-5,11H2,1-3H3. The summed E-state index contributed by atoms with van der Waals surface area (Å²) >= 11 is 1.42. The van der Waals surface area contributed by atoms with Gasteiger partial charge in [-0.05, 0) is 30.5 Å². The molecule has 23 heavy (non-hydrogen) atoms. The van der Waals surface area contributed by atoms with Crippen LogP contribution >= 0.6 is 11.3 Å². The number of benzene rings is 1. The topological polar surface area (TPSA) is 62.7 Å². The van der Waals surface area contributed by atoms with Gasteiger partial charge in [0.25, 0.3) is 5.91 Å². The summed E-state index contributed by atoms with van der Waals surface area (Å²) in [5.74, 6) is 0.616. The van der Waals surface area contributed by atoms with Crippen LogP contribution in [0.4, 0.5) is 0 Å². The summed E-state index contributed by atoms with van der Waals surface area (Å²) in [6.07, 6.45) is 3.50. The molecule has 1 unspecified atom stereocenters. The first kappa shape index (κ1) is 17.4. The predicted molar refractivity (Wildman–Crippen MR) is 91.0 cm³/mol. The highest BCUT2D eigenvalue weighted by molar-refractivity contribution is 7.13. The van der Waals surface area contributed by atoms with Crippen molar-refractivity contribution in [3.05, 3.63) is 45.9 Å². The second kappa shape index (κ2) is 8.08. The molecule has 124 valence electrons. The minimum Gasteiger partial charge on any atom is -0.497 e. The van der Waals surface area contributed by atoms with Gasteiger partial charge in [0.1, 0.15) is 10.6 Å². The first-order chi connectivity index (χ1) is 11.1. The Morgan fingerprint density at radius 3 is 2.65 bits per heavy atom. The SMILES string of the molecule is CCCc1ncc(C(=O)N(C)C(CO)c2ccc(OC)cc2)s1. The average molecular weight is 334 g/mol. The molecular formula is C17H22N2O3S. The van der Waals surface area contributed by atoms with Crippen molar-refractivity contribution < 1.29 is 14.6 Å². The van der Waals surface area contributed by atoms with Gasteiger partial charge in [-0.25, -0.2) is 4.98 Å². The minimum absolute atomic E-state index is 0.125. The van der Waals surface area contributed by atoms with Crippen LogP contribution in [-0.4, -0.2) is 41.7 Å². The molecule has 0 spiro atoms. The predicted octanol–water partition coefficient (Wildman–Crippen LogP) is 2.91. The summed E-state index contributed by atoms with van der Waals surface area (Å²) < 4.78 is 5.14. The molecule has 0 aliphatic carbocycles. The number of methoxy groups -OCH3 is 1. The molecule has 2 aromatic rings. The first-order valence-electron chi connectivity index (χ1n) is 7.57. The summed E-state index contributed by atoms with van der Waals surface area (Å²) in [6.45, 7) is 1.94. The number of amides is 1. The molecule has 2 rings (SSSR count). The van der Waals surface area contributed by atoms with Gasteiger partial charge >= 0.3 is 0 Å². The van der Waals surface area contributed by atoms with E-state index in [-0.39, 0.29) is 12.5 Å². The fourth-order valence-electron chi connectivity index (χ4n) is 2.33. The Morgan fingerprint density at radius 2 is 2.09 bits per heavy atom. The van der Waals surface area contributed by atoms with Crippen molar-refractivity contribution in [1.82, 2.24) is 9.88 Å². The number of ether oxygens (including phenoxy) is 1. The number of aromatic nitrogens is 1. The lowest BCUT2D eigenvalue weighted by Crippen LogP contribution is -2.32. The summed E-state index contributed by atoms with van der Waals surface area (Å²) in [6, 6.07) is 6.97. The van der Waals surface area contributed by atoms with Crippen LogP contribution in [0.15, 0.2) is 30.5 Å². The zero-order valence-electron chi connectivity index (χ0n) is 13.7. The van der Waals surface area contributed by atoms with Crippen LogP contribution in [0, 0.1) is 0 Å². The van der Waals surface area contributed by atoms with E-state index >= 15 is 0 Å². The van der Waals surface area contributed by atoms with Gasteiger partial charge in [-0.1, -0.05) is 19.1 Å². The third-order valence-corrected chi connectivity index (χ3v) is 4.73. The van der Waals surface area contributed by atoms with Crippen LogP contribution in [0.2, 0.25) is 0 Å². The molecule has 1 aromatic heterocycles. The molecule has 1 heterocycles. The molecule has 5 nitrogen and oxygen atoms in total. The molecule has 0 saturated heterocycles. The lowest BCUT2D eigenvalue weighted by Gasteiger charge is -2.26. The molecule has 6 heteroatoms. The molecule has 1 amide bonds. The Bertz CT molecular complexity index is 640. The van der Waals surface area contributed by atoms with Gasteiger partial charge < -0.3 is 14.7 Å². The van der Waals surface area contributed by atoms with E-state index in [0.717, 1.165) is 29.2 Å². The third kappa shape index (κ3) is 4.09. The van der Waals surface area contributed by atoms with Gasteiger partial charge in [0.2, 0.25) is 0 Å². The van der Waals surface area contributed by atoms with Crippen molar-refractivity contribution in [1.29, 1.82) is 0 Å². The Labute approximate surface area is 140 Å². The molecule has 1 N–H and O–H groups in total. The second-order valence-corrected chi connectivity index (χ2v) is 6.37. The Kier molecular flexibility index (Phi) is 6.12. The van der Waals surface area contributed by atoms with Crippen molar-refractivity contribution in [2.24, 2.45) is 0 Å². The smallest absolute Gasteiger partial charge is 0.265 e.